The van der Waals surface area contributed by atoms with Crippen LogP contribution in [0.1, 0.15) is 98.1 Å². The smallest absolute Gasteiger partial charge is 0.252 e. The van der Waals surface area contributed by atoms with Crippen molar-refractivity contribution in [1.82, 2.24) is 18.3 Å². The molecule has 0 unspecified atom stereocenters. The fourth-order valence-corrected chi connectivity index (χ4v) is 17.6. The van der Waals surface area contributed by atoms with Crippen molar-refractivity contribution < 1.29 is 34.3 Å². The van der Waals surface area contributed by atoms with Gasteiger partial charge in [0.2, 0.25) is 0 Å². The number of nitriles is 2. The Morgan fingerprint density at radius 2 is 0.739 bits per heavy atom. The van der Waals surface area contributed by atoms with Gasteiger partial charge >= 0.3 is 0 Å². The van der Waals surface area contributed by atoms with E-state index in [0.717, 1.165) is 49.3 Å². The molecular weight excluding hydrogens is 1400 g/mol. The third-order valence-corrected chi connectivity index (χ3v) is 22.8. The minimum atomic E-state index is -1.14. The molecule has 0 N–H and O–H groups in total. The largest absolute Gasteiger partial charge is 0.311 e. The number of para-hydroxylation sites is 7. The lowest BCUT2D eigenvalue weighted by molar-refractivity contribution is 0.569. The maximum atomic E-state index is 12.4. The van der Waals surface area contributed by atoms with Gasteiger partial charge in [0.05, 0.1) is 107 Å². The summed E-state index contributed by atoms with van der Waals surface area (Å²) in [6.45, 7) is 11.5. The van der Waals surface area contributed by atoms with Crippen LogP contribution in [0.4, 0.5) is 34.1 Å². The van der Waals surface area contributed by atoms with E-state index in [2.05, 4.69) is 71.9 Å². The topological polar surface area (TPSA) is 73.8 Å². The van der Waals surface area contributed by atoms with Crippen LogP contribution in [0.25, 0.3) is 143 Å². The Labute approximate surface area is 702 Å². The van der Waals surface area contributed by atoms with E-state index in [4.69, 9.17) is 8.22 Å². The second kappa shape index (κ2) is 25.4. The predicted molar refractivity (Wildman–Crippen MR) is 481 cm³/mol. The molecule has 2 aliphatic heterocycles. The van der Waals surface area contributed by atoms with Gasteiger partial charge in [-0.2, -0.15) is 10.5 Å². The minimum Gasteiger partial charge on any atom is -0.311 e. The van der Waals surface area contributed by atoms with Crippen molar-refractivity contribution in [1.29, 1.82) is 10.5 Å². The molecule has 22 rings (SSSR count). The Kier molecular flexibility index (Phi) is 10.2. The van der Waals surface area contributed by atoms with Gasteiger partial charge < -0.3 is 28.1 Å². The maximum absolute atomic E-state index is 12.4. The molecule has 115 heavy (non-hydrogen) atoms. The van der Waals surface area contributed by atoms with Crippen molar-refractivity contribution in [2.24, 2.45) is 0 Å². The van der Waals surface area contributed by atoms with E-state index < -0.39 is 202 Å². The molecule has 9 heteroatoms. The first-order chi connectivity index (χ1) is 66.6. The van der Waals surface area contributed by atoms with E-state index in [9.17, 15) is 36.6 Å². The SMILES string of the molecule is [2H]c1c([2H])c([2H])c(-c2cc(N3c4cc(-c5cc(C(C)(C)C)cc(C(C)(C)C)c5)ccc4B4c5ccc(-n6c7c([2H])c([2H])c([2H])c([2H])c7c7c([2H])c([2H])c([2H])c([2H])c76)cc5N(c5cc(-n6c7ccccc7c7ccccc76)ccc5C#N)c5cc(-n6c7c([2H])c([2H])c([2H])c([2H])c7c7c(-c8c([2H])c([2H])c([2H])c([2H])c8[2H])c([2H])c([2H])c([2H])c76)cc3c54)cc(-n3c4ccccc4c4ccccc43)c2C#N)c([2H])c1[2H]. The van der Waals surface area contributed by atoms with Crippen molar-refractivity contribution in [3.63, 3.8) is 0 Å². The van der Waals surface area contributed by atoms with Crippen molar-refractivity contribution in [3.05, 3.63) is 367 Å². The highest BCUT2D eigenvalue weighted by Crippen LogP contribution is 2.52. The van der Waals surface area contributed by atoms with Crippen LogP contribution in [0, 0.1) is 22.7 Å². The summed E-state index contributed by atoms with van der Waals surface area (Å²) in [6.07, 6.45) is 0. The summed E-state index contributed by atoms with van der Waals surface area (Å²) >= 11 is 0. The van der Waals surface area contributed by atoms with Crippen LogP contribution in [0.15, 0.2) is 345 Å². The highest BCUT2D eigenvalue weighted by atomic mass is 15.2. The molecule has 0 saturated heterocycles. The number of fused-ring (bicyclic) bond motifs is 16. The van der Waals surface area contributed by atoms with Crippen molar-refractivity contribution in [3.8, 4) is 68.3 Å². The molecule has 2 aliphatic rings. The summed E-state index contributed by atoms with van der Waals surface area (Å²) < 4.78 is 248. The Hall–Kier alpha value is -14.6. The third-order valence-electron chi connectivity index (χ3n) is 22.8. The van der Waals surface area contributed by atoms with Crippen LogP contribution in [-0.2, 0) is 10.8 Å². The van der Waals surface area contributed by atoms with Gasteiger partial charge in [0.15, 0.2) is 0 Å². The van der Waals surface area contributed by atoms with Crippen molar-refractivity contribution in [2.75, 3.05) is 9.80 Å². The summed E-state index contributed by atoms with van der Waals surface area (Å²) in [7, 11) is 0. The molecule has 0 radical (unpaired) electrons. The second-order valence-corrected chi connectivity index (χ2v) is 31.2. The average Bonchev–Trinajstić information content (AvgIpc) is 1.40. The van der Waals surface area contributed by atoms with Crippen molar-refractivity contribution in [2.45, 2.75) is 52.4 Å². The molecule has 542 valence electrons. The molecule has 8 nitrogen and oxygen atoms in total. The molecule has 20 aromatic rings. The molecule has 0 fully saturated rings. The van der Waals surface area contributed by atoms with Gasteiger partial charge in [0, 0.05) is 88.5 Å². The number of hydrogen-bond acceptors (Lipinski definition) is 4. The fourth-order valence-electron chi connectivity index (χ4n) is 17.6. The molecule has 0 bridgehead atoms. The maximum Gasteiger partial charge on any atom is 0.252 e. The van der Waals surface area contributed by atoms with E-state index in [1.54, 1.807) is 65.6 Å². The monoisotopic (exact) mass is 1500 g/mol. The highest BCUT2D eigenvalue weighted by molar-refractivity contribution is 7.00. The van der Waals surface area contributed by atoms with Gasteiger partial charge in [-0.25, -0.2) is 0 Å². The summed E-state index contributed by atoms with van der Waals surface area (Å²) in [5.74, 6) is 0. The van der Waals surface area contributed by atoms with Gasteiger partial charge in [-0.15, -0.1) is 0 Å². The fraction of sp³-hybridized carbons (Fsp3) is 0.0755. The lowest BCUT2D eigenvalue weighted by atomic mass is 9.33. The second-order valence-electron chi connectivity index (χ2n) is 31.2. The van der Waals surface area contributed by atoms with Gasteiger partial charge in [0.1, 0.15) is 12.1 Å². The van der Waals surface area contributed by atoms with Crippen LogP contribution < -0.4 is 26.2 Å². The first kappa shape index (κ1) is 46.3. The zero-order valence-electron chi connectivity index (χ0n) is 87.6. The number of rotatable bonds is 9. The molecule has 0 atom stereocenters. The number of hydrogen-bond donors (Lipinski definition) is 0. The van der Waals surface area contributed by atoms with E-state index in [1.165, 1.54) is 9.13 Å². The molecule has 4 aromatic heterocycles. The Bertz CT molecular complexity index is 8970. The van der Waals surface area contributed by atoms with E-state index >= 15 is 0 Å². The zero-order chi connectivity index (χ0) is 99.0. The summed E-state index contributed by atoms with van der Waals surface area (Å²) in [5, 5.41) is 26.7. The van der Waals surface area contributed by atoms with Gasteiger partial charge in [-0.3, -0.25) is 0 Å². The van der Waals surface area contributed by atoms with Gasteiger partial charge in [-0.05, 0) is 175 Å². The molecule has 0 amide bonds. The molecule has 0 spiro atoms. The number of anilines is 6. The first-order valence-corrected chi connectivity index (χ1v) is 37.7. The summed E-state index contributed by atoms with van der Waals surface area (Å²) in [6, 6.07) is 46.0. The lowest BCUT2D eigenvalue weighted by Gasteiger charge is -2.45. The number of nitrogens with zero attached hydrogens (tertiary/aromatic N) is 8. The molecule has 6 heterocycles. The zero-order valence-corrected chi connectivity index (χ0v) is 62.6. The predicted octanol–water partition coefficient (Wildman–Crippen LogP) is 25.5. The quantitative estimate of drug-likeness (QED) is 0.135. The number of benzene rings is 16. The van der Waals surface area contributed by atoms with Crippen LogP contribution in [0.2, 0.25) is 0 Å². The summed E-state index contributed by atoms with van der Waals surface area (Å²) in [5.41, 5.74) is 4.49. The van der Waals surface area contributed by atoms with Gasteiger partial charge in [0.25, 0.3) is 6.71 Å². The van der Waals surface area contributed by atoms with Crippen molar-refractivity contribution >= 4 is 144 Å². The summed E-state index contributed by atoms with van der Waals surface area (Å²) in [4.78, 5) is 3.65. The Morgan fingerprint density at radius 3 is 1.30 bits per heavy atom. The molecule has 0 saturated carbocycles. The van der Waals surface area contributed by atoms with E-state index in [1.807, 2.05) is 129 Å². The average molecular weight is 1500 g/mol. The Balaban J connectivity index is 0.993. The Morgan fingerprint density at radius 1 is 0.296 bits per heavy atom. The van der Waals surface area contributed by atoms with Crippen LogP contribution in [0.5, 0.6) is 0 Å². The highest BCUT2D eigenvalue weighted by Gasteiger charge is 2.46. The van der Waals surface area contributed by atoms with Crippen LogP contribution in [-0.4, -0.2) is 25.0 Å². The van der Waals surface area contributed by atoms with E-state index in [0.29, 0.717) is 44.4 Å². The molecule has 16 aromatic carbocycles. The first-order valence-electron chi connectivity index (χ1n) is 50.2. The minimum absolute atomic E-state index is 0.0101. The van der Waals surface area contributed by atoms with Gasteiger partial charge in [-0.1, -0.05) is 278 Å². The van der Waals surface area contributed by atoms with Crippen LogP contribution >= 0.6 is 0 Å². The standard InChI is InChI=1S/C106H75BN8/c1-105(2,3)71-54-70(55-72(57-71)106(4,5)6)68-49-52-87-99(56-68)113(75-58-85(67-30-11-8-12-31-67)86(65-109)98(61-75)114-93-44-24-17-36-82(93)83-37-18-25-45-94(83)114)101-62-76(112-95-46-26-19-38-84(95)103-77(39-27-47-96(103)112)66-28-9-7-10-29-66)63-102-104(101)107(87)88-53-51-74(111-91-42-22-15-34-80(91)81-35-16-23-43-92(81)111)60-100(88)115(102)97-59-73(50-48-69(97)64-108)110-89-40-20-13-32-78(89)79-33-14-21-41-90(79)110/h7-63H,1-6H3/i7D,8D,9D,10D,11D,12D,15D,16D,19D,22D,23D,26D,27D,28D,29D,30D,31D,34D,35D,38D,39D,42D,43D,46D,47D. The van der Waals surface area contributed by atoms with Crippen LogP contribution in [0.3, 0.4) is 0 Å². The third kappa shape index (κ3) is 10.2. The molecule has 0 aliphatic carbocycles. The molecular formula is C106H75BN8. The van der Waals surface area contributed by atoms with E-state index in [-0.39, 0.29) is 89.6 Å². The lowest BCUT2D eigenvalue weighted by Crippen LogP contribution is -2.61. The number of aromatic nitrogens is 4. The normalized spacial score (nSPS) is 15.8.